The van der Waals surface area contributed by atoms with Gasteiger partial charge in [0.2, 0.25) is 0 Å². The van der Waals surface area contributed by atoms with E-state index >= 15 is 0 Å². The molecule has 2 rings (SSSR count). The Morgan fingerprint density at radius 2 is 2.08 bits per heavy atom. The van der Waals surface area contributed by atoms with Gasteiger partial charge in [-0.25, -0.2) is 9.18 Å². The van der Waals surface area contributed by atoms with Gasteiger partial charge in [-0.05, 0) is 42.5 Å². The van der Waals surface area contributed by atoms with Crippen molar-refractivity contribution < 1.29 is 23.5 Å². The number of methoxy groups -OCH3 is 1. The fraction of sp³-hybridized carbons (Fsp3) is 0.474. The second-order valence-corrected chi connectivity index (χ2v) is 6.27. The van der Waals surface area contributed by atoms with Crippen LogP contribution in [0.25, 0.3) is 6.08 Å². The Morgan fingerprint density at radius 1 is 1.32 bits per heavy atom. The summed E-state index contributed by atoms with van der Waals surface area (Å²) in [6, 6.07) is 4.49. The molecule has 0 unspecified atom stereocenters. The van der Waals surface area contributed by atoms with Gasteiger partial charge < -0.3 is 14.8 Å². The number of hydrogen-bond donors (Lipinski definition) is 1. The summed E-state index contributed by atoms with van der Waals surface area (Å²) in [6.07, 6.45) is 6.95. The number of ether oxygens (including phenoxy) is 2. The third kappa shape index (κ3) is 5.89. The maximum atomic E-state index is 13.6. The molecule has 6 heteroatoms. The molecule has 1 saturated carbocycles. The minimum Gasteiger partial charge on any atom is -0.494 e. The van der Waals surface area contributed by atoms with Crippen molar-refractivity contribution in [1.29, 1.82) is 0 Å². The molecule has 2 atom stereocenters. The lowest BCUT2D eigenvalue weighted by Gasteiger charge is -2.29. The van der Waals surface area contributed by atoms with E-state index in [1.165, 1.54) is 31.7 Å². The highest BCUT2D eigenvalue weighted by atomic mass is 19.1. The van der Waals surface area contributed by atoms with Crippen LogP contribution >= 0.6 is 0 Å². The first-order valence-electron chi connectivity index (χ1n) is 8.47. The summed E-state index contributed by atoms with van der Waals surface area (Å²) in [5, 5.41) is 2.91. The van der Waals surface area contributed by atoms with Crippen molar-refractivity contribution in [3.05, 3.63) is 35.7 Å². The van der Waals surface area contributed by atoms with E-state index < -0.39 is 11.8 Å². The van der Waals surface area contributed by atoms with Gasteiger partial charge in [-0.2, -0.15) is 0 Å². The topological polar surface area (TPSA) is 64.6 Å². The molecule has 1 aliphatic rings. The summed E-state index contributed by atoms with van der Waals surface area (Å²) in [5.41, 5.74) is 0.496. The molecule has 0 radical (unpaired) electrons. The highest BCUT2D eigenvalue weighted by Gasteiger charge is 2.22. The van der Waals surface area contributed by atoms with Crippen LogP contribution in [0.1, 0.15) is 38.2 Å². The van der Waals surface area contributed by atoms with Crippen LogP contribution in [0.2, 0.25) is 0 Å². The lowest BCUT2D eigenvalue weighted by molar-refractivity contribution is -0.144. The molecule has 0 aliphatic heterocycles. The number of halogens is 1. The monoisotopic (exact) mass is 349 g/mol. The van der Waals surface area contributed by atoms with E-state index in [1.54, 1.807) is 6.07 Å². The smallest absolute Gasteiger partial charge is 0.331 e. The van der Waals surface area contributed by atoms with Crippen LogP contribution < -0.4 is 10.1 Å². The molecule has 0 spiro atoms. The molecule has 1 aromatic rings. The summed E-state index contributed by atoms with van der Waals surface area (Å²) in [4.78, 5) is 23.6. The van der Waals surface area contributed by atoms with Gasteiger partial charge >= 0.3 is 5.97 Å². The molecule has 0 heterocycles. The first kappa shape index (κ1) is 19.0. The van der Waals surface area contributed by atoms with Crippen LogP contribution in [-0.2, 0) is 14.3 Å². The number of esters is 1. The van der Waals surface area contributed by atoms with Crippen LogP contribution in [0.4, 0.5) is 4.39 Å². The standard InChI is InChI=1S/C19H24FNO4/c1-13-5-3-4-6-16(13)21-18(22)12-25-19(23)10-8-14-7-9-17(24-2)15(20)11-14/h7-11,13,16H,3-6,12H2,1-2H3,(H,21,22)/b10-8+/t13-,16+/m0/s1. The third-order valence-corrected chi connectivity index (χ3v) is 4.39. The van der Waals surface area contributed by atoms with Crippen LogP contribution in [0.5, 0.6) is 5.75 Å². The molecule has 1 amide bonds. The Morgan fingerprint density at radius 3 is 2.76 bits per heavy atom. The number of benzene rings is 1. The molecule has 1 N–H and O–H groups in total. The number of rotatable bonds is 6. The second kappa shape index (κ2) is 9.20. The molecule has 0 saturated heterocycles. The van der Waals surface area contributed by atoms with E-state index in [-0.39, 0.29) is 24.3 Å². The van der Waals surface area contributed by atoms with Gasteiger partial charge in [-0.3, -0.25) is 4.79 Å². The van der Waals surface area contributed by atoms with Gasteiger partial charge in [0.25, 0.3) is 5.91 Å². The van der Waals surface area contributed by atoms with E-state index in [9.17, 15) is 14.0 Å². The van der Waals surface area contributed by atoms with Crippen LogP contribution in [0.15, 0.2) is 24.3 Å². The maximum Gasteiger partial charge on any atom is 0.331 e. The van der Waals surface area contributed by atoms with E-state index in [1.807, 2.05) is 0 Å². The van der Waals surface area contributed by atoms with Crippen molar-refractivity contribution in [3.63, 3.8) is 0 Å². The summed E-state index contributed by atoms with van der Waals surface area (Å²) in [6.45, 7) is 1.80. The lowest BCUT2D eigenvalue weighted by Crippen LogP contribution is -2.42. The summed E-state index contributed by atoms with van der Waals surface area (Å²) >= 11 is 0. The highest BCUT2D eigenvalue weighted by Crippen LogP contribution is 2.23. The first-order chi connectivity index (χ1) is 12.0. The number of carbonyl (C=O) groups excluding carboxylic acids is 2. The molecule has 1 aromatic carbocycles. The zero-order valence-electron chi connectivity index (χ0n) is 14.6. The predicted octanol–water partition coefficient (Wildman–Crippen LogP) is 3.09. The van der Waals surface area contributed by atoms with Crippen molar-refractivity contribution in [2.75, 3.05) is 13.7 Å². The Kier molecular flexibility index (Phi) is 6.98. The molecule has 1 fully saturated rings. The number of nitrogens with one attached hydrogen (secondary N) is 1. The van der Waals surface area contributed by atoms with Gasteiger partial charge in [0.05, 0.1) is 7.11 Å². The quantitative estimate of drug-likeness (QED) is 0.633. The Labute approximate surface area is 147 Å². The SMILES string of the molecule is COc1ccc(/C=C/C(=O)OCC(=O)N[C@@H]2CCCC[C@@H]2C)cc1F. The van der Waals surface area contributed by atoms with E-state index in [2.05, 4.69) is 12.2 Å². The van der Waals surface area contributed by atoms with Crippen LogP contribution in [0.3, 0.4) is 0 Å². The molecule has 25 heavy (non-hydrogen) atoms. The van der Waals surface area contributed by atoms with Crippen molar-refractivity contribution in [1.82, 2.24) is 5.32 Å². The van der Waals surface area contributed by atoms with Crippen LogP contribution in [-0.4, -0.2) is 31.6 Å². The molecule has 0 aromatic heterocycles. The fourth-order valence-corrected chi connectivity index (χ4v) is 2.91. The fourth-order valence-electron chi connectivity index (χ4n) is 2.91. The molecule has 0 bridgehead atoms. The minimum atomic E-state index is -0.650. The first-order valence-corrected chi connectivity index (χ1v) is 8.47. The van der Waals surface area contributed by atoms with E-state index in [0.717, 1.165) is 25.3 Å². The van der Waals surface area contributed by atoms with Gasteiger partial charge in [0, 0.05) is 12.1 Å². The van der Waals surface area contributed by atoms with Crippen molar-refractivity contribution in [3.8, 4) is 5.75 Å². The summed E-state index contributed by atoms with van der Waals surface area (Å²) < 4.78 is 23.3. The van der Waals surface area contributed by atoms with Gasteiger partial charge in [0.15, 0.2) is 18.2 Å². The average molecular weight is 349 g/mol. The third-order valence-electron chi connectivity index (χ3n) is 4.39. The second-order valence-electron chi connectivity index (χ2n) is 6.27. The molecular weight excluding hydrogens is 325 g/mol. The molecule has 136 valence electrons. The molecular formula is C19H24FNO4. The number of hydrogen-bond acceptors (Lipinski definition) is 4. The normalized spacial score (nSPS) is 20.3. The number of carbonyl (C=O) groups is 2. The average Bonchev–Trinajstić information content (AvgIpc) is 2.60. The molecule has 1 aliphatic carbocycles. The zero-order valence-corrected chi connectivity index (χ0v) is 14.6. The number of amides is 1. The Bertz CT molecular complexity index is 644. The summed E-state index contributed by atoms with van der Waals surface area (Å²) in [7, 11) is 1.38. The van der Waals surface area contributed by atoms with Crippen molar-refractivity contribution in [2.24, 2.45) is 5.92 Å². The van der Waals surface area contributed by atoms with Crippen LogP contribution in [0, 0.1) is 11.7 Å². The van der Waals surface area contributed by atoms with Gasteiger partial charge in [-0.15, -0.1) is 0 Å². The maximum absolute atomic E-state index is 13.6. The lowest BCUT2D eigenvalue weighted by atomic mass is 9.86. The minimum absolute atomic E-state index is 0.133. The van der Waals surface area contributed by atoms with Gasteiger partial charge in [-0.1, -0.05) is 25.8 Å². The van der Waals surface area contributed by atoms with Crippen molar-refractivity contribution in [2.45, 2.75) is 38.6 Å². The largest absolute Gasteiger partial charge is 0.494 e. The highest BCUT2D eigenvalue weighted by molar-refractivity contribution is 5.89. The Hall–Kier alpha value is -2.37. The predicted molar refractivity (Wildman–Crippen MR) is 92.5 cm³/mol. The van der Waals surface area contributed by atoms with E-state index in [0.29, 0.717) is 11.5 Å². The van der Waals surface area contributed by atoms with Crippen molar-refractivity contribution >= 4 is 18.0 Å². The van der Waals surface area contributed by atoms with Gasteiger partial charge in [0.1, 0.15) is 0 Å². The Balaban J connectivity index is 1.77. The summed E-state index contributed by atoms with van der Waals surface area (Å²) in [5.74, 6) is -0.885. The van der Waals surface area contributed by atoms with E-state index in [4.69, 9.17) is 9.47 Å². The molecule has 5 nitrogen and oxygen atoms in total. The zero-order chi connectivity index (χ0) is 18.2.